The van der Waals surface area contributed by atoms with Gasteiger partial charge in [-0.2, -0.15) is 11.8 Å². The molecule has 130 valence electrons. The van der Waals surface area contributed by atoms with Crippen LogP contribution in [0.3, 0.4) is 0 Å². The van der Waals surface area contributed by atoms with E-state index in [0.717, 1.165) is 21.7 Å². The topological polar surface area (TPSA) is 68.3 Å². The number of hydrogen-bond donors (Lipinski definition) is 1. The Labute approximate surface area is 157 Å². The number of aromatic nitrogens is 1. The van der Waals surface area contributed by atoms with Crippen LogP contribution >= 0.6 is 34.4 Å². The molecular formula is C17H16N2O3S3. The second kappa shape index (κ2) is 8.98. The molecule has 0 saturated heterocycles. The summed E-state index contributed by atoms with van der Waals surface area (Å²) < 4.78 is 5.98. The van der Waals surface area contributed by atoms with Gasteiger partial charge in [-0.3, -0.25) is 4.79 Å². The van der Waals surface area contributed by atoms with Crippen molar-refractivity contribution >= 4 is 56.5 Å². The van der Waals surface area contributed by atoms with Crippen molar-refractivity contribution in [3.8, 4) is 0 Å². The predicted octanol–water partition coefficient (Wildman–Crippen LogP) is 3.56. The van der Waals surface area contributed by atoms with Crippen molar-refractivity contribution in [2.45, 2.75) is 5.75 Å². The van der Waals surface area contributed by atoms with E-state index in [1.165, 1.54) is 16.2 Å². The van der Waals surface area contributed by atoms with Gasteiger partial charge in [-0.05, 0) is 29.6 Å². The molecule has 0 unspecified atom stereocenters. The monoisotopic (exact) mass is 392 g/mol. The number of carbonyl (C=O) groups is 2. The summed E-state index contributed by atoms with van der Waals surface area (Å²) >= 11 is 4.95. The molecule has 2 aromatic heterocycles. The first-order chi connectivity index (χ1) is 12.2. The predicted molar refractivity (Wildman–Crippen MR) is 103 cm³/mol. The third kappa shape index (κ3) is 5.29. The minimum absolute atomic E-state index is 0.269. The summed E-state index contributed by atoms with van der Waals surface area (Å²) in [6.45, 7) is 0.286. The zero-order chi connectivity index (χ0) is 17.5. The molecular weight excluding hydrogens is 376 g/mol. The lowest BCUT2D eigenvalue weighted by Crippen LogP contribution is -2.30. The minimum atomic E-state index is -0.502. The van der Waals surface area contributed by atoms with Crippen LogP contribution < -0.4 is 5.32 Å². The van der Waals surface area contributed by atoms with Crippen molar-refractivity contribution < 1.29 is 14.3 Å². The van der Waals surface area contributed by atoms with E-state index in [9.17, 15) is 9.59 Å². The zero-order valence-corrected chi connectivity index (χ0v) is 15.7. The molecule has 3 aromatic rings. The van der Waals surface area contributed by atoms with Crippen LogP contribution in [0.25, 0.3) is 10.2 Å². The van der Waals surface area contributed by atoms with Crippen molar-refractivity contribution in [3.05, 3.63) is 51.7 Å². The molecule has 0 spiro atoms. The van der Waals surface area contributed by atoms with Crippen molar-refractivity contribution in [1.29, 1.82) is 0 Å². The Morgan fingerprint density at radius 3 is 3.00 bits per heavy atom. The largest absolute Gasteiger partial charge is 0.452 e. The quantitative estimate of drug-likeness (QED) is 0.469. The molecule has 0 aliphatic carbocycles. The summed E-state index contributed by atoms with van der Waals surface area (Å²) in [5.41, 5.74) is 3.00. The van der Waals surface area contributed by atoms with Crippen LogP contribution in [-0.2, 0) is 15.3 Å². The summed E-state index contributed by atoms with van der Waals surface area (Å²) in [6, 6.07) is 9.29. The van der Waals surface area contributed by atoms with Gasteiger partial charge in [-0.1, -0.05) is 6.07 Å². The first-order valence-electron chi connectivity index (χ1n) is 7.59. The number of nitrogens with zero attached hydrogens (tertiary/aromatic N) is 1. The number of thiophene rings is 1. The van der Waals surface area contributed by atoms with Gasteiger partial charge >= 0.3 is 5.97 Å². The second-order valence-electron chi connectivity index (χ2n) is 5.09. The molecule has 8 heteroatoms. The van der Waals surface area contributed by atoms with Gasteiger partial charge in [-0.25, -0.2) is 9.78 Å². The molecule has 3 rings (SSSR count). The highest BCUT2D eigenvalue weighted by molar-refractivity contribution is 7.98. The number of ether oxygens (including phenoxy) is 1. The van der Waals surface area contributed by atoms with Crippen LogP contribution in [0.1, 0.15) is 15.2 Å². The molecule has 1 N–H and O–H groups in total. The van der Waals surface area contributed by atoms with E-state index in [1.807, 2.05) is 6.07 Å². The van der Waals surface area contributed by atoms with Gasteiger partial charge in [0.05, 0.1) is 21.3 Å². The van der Waals surface area contributed by atoms with Crippen molar-refractivity contribution in [2.24, 2.45) is 0 Å². The van der Waals surface area contributed by atoms with Crippen LogP contribution in [0.15, 0.2) is 41.2 Å². The summed E-state index contributed by atoms with van der Waals surface area (Å²) in [5.74, 6) is 0.976. The third-order valence-electron chi connectivity index (χ3n) is 3.29. The smallest absolute Gasteiger partial charge is 0.338 e. The SMILES string of the molecule is O=C(COC(=O)c1ccc2ncsc2c1)NCCSCc1cccs1. The van der Waals surface area contributed by atoms with Crippen LogP contribution in [-0.4, -0.2) is 35.8 Å². The number of carbonyl (C=O) groups excluding carboxylic acids is 2. The minimum Gasteiger partial charge on any atom is -0.452 e. The number of fused-ring (bicyclic) bond motifs is 1. The van der Waals surface area contributed by atoms with E-state index in [4.69, 9.17) is 4.74 Å². The maximum Gasteiger partial charge on any atom is 0.338 e. The molecule has 1 amide bonds. The van der Waals surface area contributed by atoms with Crippen molar-refractivity contribution in [2.75, 3.05) is 18.9 Å². The maximum atomic E-state index is 12.0. The van der Waals surface area contributed by atoms with Gasteiger partial charge in [0, 0.05) is 22.9 Å². The number of thiazole rings is 1. The number of nitrogens with one attached hydrogen (secondary N) is 1. The van der Waals surface area contributed by atoms with Crippen molar-refractivity contribution in [3.63, 3.8) is 0 Å². The van der Waals surface area contributed by atoms with Gasteiger partial charge in [0.2, 0.25) is 0 Å². The van der Waals surface area contributed by atoms with E-state index in [2.05, 4.69) is 21.7 Å². The lowest BCUT2D eigenvalue weighted by Gasteiger charge is -2.06. The van der Waals surface area contributed by atoms with Gasteiger partial charge < -0.3 is 10.1 Å². The standard InChI is InChI=1S/C17H16N2O3S3/c20-16(18-5-7-23-10-13-2-1-6-24-13)9-22-17(21)12-3-4-14-15(8-12)25-11-19-14/h1-4,6,8,11H,5,7,9-10H2,(H,18,20). The third-order valence-corrected chi connectivity index (χ3v) is 6.15. The highest BCUT2D eigenvalue weighted by Crippen LogP contribution is 2.19. The Hall–Kier alpha value is -1.90. The fourth-order valence-electron chi connectivity index (χ4n) is 2.08. The summed E-state index contributed by atoms with van der Waals surface area (Å²) in [7, 11) is 0. The molecule has 2 heterocycles. The Balaban J connectivity index is 1.34. The Kier molecular flexibility index (Phi) is 6.43. The van der Waals surface area contributed by atoms with Crippen LogP contribution in [0, 0.1) is 0 Å². The molecule has 0 fully saturated rings. The van der Waals surface area contributed by atoms with Crippen LogP contribution in [0.5, 0.6) is 0 Å². The number of benzene rings is 1. The molecule has 25 heavy (non-hydrogen) atoms. The molecule has 0 bridgehead atoms. The van der Waals surface area contributed by atoms with Crippen LogP contribution in [0.2, 0.25) is 0 Å². The van der Waals surface area contributed by atoms with Gasteiger partial charge in [0.25, 0.3) is 5.91 Å². The molecule has 0 atom stereocenters. The fraction of sp³-hybridized carbons (Fsp3) is 0.235. The summed E-state index contributed by atoms with van der Waals surface area (Å²) in [4.78, 5) is 29.2. The Morgan fingerprint density at radius 2 is 2.16 bits per heavy atom. The lowest BCUT2D eigenvalue weighted by atomic mass is 10.2. The number of thioether (sulfide) groups is 1. The van der Waals surface area contributed by atoms with E-state index >= 15 is 0 Å². The summed E-state index contributed by atoms with van der Waals surface area (Å²) in [5, 5.41) is 4.81. The highest BCUT2D eigenvalue weighted by atomic mass is 32.2. The average molecular weight is 393 g/mol. The molecule has 0 aliphatic heterocycles. The van der Waals surface area contributed by atoms with E-state index in [0.29, 0.717) is 12.1 Å². The normalized spacial score (nSPS) is 10.7. The fourth-order valence-corrected chi connectivity index (χ4v) is 4.49. The number of amides is 1. The van der Waals surface area contributed by atoms with Gasteiger partial charge in [-0.15, -0.1) is 22.7 Å². The average Bonchev–Trinajstić information content (AvgIpc) is 3.30. The first-order valence-corrected chi connectivity index (χ1v) is 10.5. The molecule has 0 saturated carbocycles. The highest BCUT2D eigenvalue weighted by Gasteiger charge is 2.11. The van der Waals surface area contributed by atoms with Crippen LogP contribution in [0.4, 0.5) is 0 Å². The summed E-state index contributed by atoms with van der Waals surface area (Å²) in [6.07, 6.45) is 0. The molecule has 0 radical (unpaired) electrons. The zero-order valence-electron chi connectivity index (χ0n) is 13.3. The molecule has 0 aliphatic rings. The van der Waals surface area contributed by atoms with E-state index in [1.54, 1.807) is 46.8 Å². The van der Waals surface area contributed by atoms with Gasteiger partial charge in [0.1, 0.15) is 0 Å². The second-order valence-corrected chi connectivity index (χ2v) is 8.12. The first kappa shape index (κ1) is 17.9. The Bertz CT molecular complexity index is 846. The maximum absolute atomic E-state index is 12.0. The Morgan fingerprint density at radius 1 is 1.24 bits per heavy atom. The van der Waals surface area contributed by atoms with E-state index < -0.39 is 5.97 Å². The number of esters is 1. The van der Waals surface area contributed by atoms with E-state index in [-0.39, 0.29) is 12.5 Å². The van der Waals surface area contributed by atoms with Crippen molar-refractivity contribution in [1.82, 2.24) is 10.3 Å². The molecule has 5 nitrogen and oxygen atoms in total. The lowest BCUT2D eigenvalue weighted by molar-refractivity contribution is -0.124. The van der Waals surface area contributed by atoms with Gasteiger partial charge in [0.15, 0.2) is 6.61 Å². The number of rotatable bonds is 8. The number of hydrogen-bond acceptors (Lipinski definition) is 7. The molecule has 1 aromatic carbocycles.